The van der Waals surface area contributed by atoms with Crippen LogP contribution in [0.15, 0.2) is 72.8 Å². The van der Waals surface area contributed by atoms with Crippen molar-refractivity contribution in [1.82, 2.24) is 0 Å². The summed E-state index contributed by atoms with van der Waals surface area (Å²) >= 11 is 0. The van der Waals surface area contributed by atoms with Gasteiger partial charge in [-0.25, -0.2) is 0 Å². The molecule has 0 amide bonds. The Kier molecular flexibility index (Phi) is 3.97. The van der Waals surface area contributed by atoms with Crippen LogP contribution < -0.4 is 16.2 Å². The summed E-state index contributed by atoms with van der Waals surface area (Å²) in [6.45, 7) is 0. The third kappa shape index (κ3) is 3.49. The topological polar surface area (TPSA) is 78.3 Å². The molecule has 114 valence electrons. The minimum atomic E-state index is -0.129. The maximum atomic E-state index is 12.5. The number of rotatable bonds is 4. The molecule has 0 radical (unpaired) electrons. The maximum absolute atomic E-state index is 12.5. The third-order valence-electron chi connectivity index (χ3n) is 3.34. The van der Waals surface area contributed by atoms with E-state index in [2.05, 4.69) is 0 Å². The molecule has 0 spiro atoms. The zero-order valence-corrected chi connectivity index (χ0v) is 12.4. The van der Waals surface area contributed by atoms with Crippen molar-refractivity contribution >= 4 is 17.2 Å². The van der Waals surface area contributed by atoms with E-state index in [1.807, 2.05) is 30.3 Å². The highest BCUT2D eigenvalue weighted by Gasteiger charge is 2.10. The van der Waals surface area contributed by atoms with Gasteiger partial charge in [0.1, 0.15) is 11.5 Å². The number of nitrogens with two attached hydrogens (primary N) is 2. The monoisotopic (exact) mass is 304 g/mol. The van der Waals surface area contributed by atoms with Crippen LogP contribution in [0.5, 0.6) is 11.5 Å². The number of carbonyl (C=O) groups excluding carboxylic acids is 1. The Bertz CT molecular complexity index is 807. The molecular weight excluding hydrogens is 288 g/mol. The number of nitrogen functional groups attached to an aromatic ring is 2. The van der Waals surface area contributed by atoms with E-state index in [1.54, 1.807) is 42.5 Å². The van der Waals surface area contributed by atoms with Crippen molar-refractivity contribution in [3.05, 3.63) is 83.9 Å². The second-order valence-electron chi connectivity index (χ2n) is 5.16. The molecule has 0 aliphatic rings. The van der Waals surface area contributed by atoms with Gasteiger partial charge in [-0.15, -0.1) is 0 Å². The molecule has 0 aliphatic heterocycles. The average molecular weight is 304 g/mol. The molecule has 3 rings (SSSR count). The summed E-state index contributed by atoms with van der Waals surface area (Å²) in [7, 11) is 0. The zero-order valence-electron chi connectivity index (χ0n) is 12.4. The first-order valence-electron chi connectivity index (χ1n) is 7.15. The molecule has 23 heavy (non-hydrogen) atoms. The Balaban J connectivity index is 1.80. The fraction of sp³-hybridized carbons (Fsp3) is 0. The van der Waals surface area contributed by atoms with Crippen molar-refractivity contribution in [1.29, 1.82) is 0 Å². The molecule has 0 heterocycles. The van der Waals surface area contributed by atoms with E-state index in [0.717, 1.165) is 5.75 Å². The van der Waals surface area contributed by atoms with Gasteiger partial charge in [-0.05, 0) is 54.6 Å². The van der Waals surface area contributed by atoms with Crippen molar-refractivity contribution in [2.75, 3.05) is 11.5 Å². The number of benzene rings is 3. The number of ketones is 1. The molecule has 0 unspecified atom stereocenters. The van der Waals surface area contributed by atoms with Gasteiger partial charge in [0.25, 0.3) is 0 Å². The zero-order chi connectivity index (χ0) is 16.2. The van der Waals surface area contributed by atoms with E-state index in [1.165, 1.54) is 0 Å². The Morgan fingerprint density at radius 1 is 0.696 bits per heavy atom. The Morgan fingerprint density at radius 3 is 1.87 bits per heavy atom. The lowest BCUT2D eigenvalue weighted by Crippen LogP contribution is -2.03. The van der Waals surface area contributed by atoms with Crippen LogP contribution in [-0.4, -0.2) is 5.78 Å². The lowest BCUT2D eigenvalue weighted by Gasteiger charge is -2.07. The number of carbonyl (C=O) groups is 1. The van der Waals surface area contributed by atoms with E-state index in [0.29, 0.717) is 28.3 Å². The van der Waals surface area contributed by atoms with Crippen LogP contribution in [0.1, 0.15) is 15.9 Å². The predicted octanol–water partition coefficient (Wildman–Crippen LogP) is 3.87. The molecule has 4 nitrogen and oxygen atoms in total. The number of anilines is 2. The Labute approximate surface area is 134 Å². The van der Waals surface area contributed by atoms with Crippen molar-refractivity contribution in [2.45, 2.75) is 0 Å². The minimum absolute atomic E-state index is 0.129. The van der Waals surface area contributed by atoms with Gasteiger partial charge < -0.3 is 16.2 Å². The summed E-state index contributed by atoms with van der Waals surface area (Å²) in [5.74, 6) is 1.28. The van der Waals surface area contributed by atoms with Crippen molar-refractivity contribution in [2.24, 2.45) is 0 Å². The first kappa shape index (κ1) is 14.7. The van der Waals surface area contributed by atoms with Gasteiger partial charge >= 0.3 is 0 Å². The molecule has 0 aliphatic carbocycles. The molecule has 0 atom stereocenters. The summed E-state index contributed by atoms with van der Waals surface area (Å²) in [6, 6.07) is 21.3. The largest absolute Gasteiger partial charge is 0.457 e. The van der Waals surface area contributed by atoms with E-state index in [4.69, 9.17) is 16.2 Å². The molecule has 0 fully saturated rings. The van der Waals surface area contributed by atoms with Crippen LogP contribution in [0, 0.1) is 0 Å². The molecular formula is C19H16N2O2. The van der Waals surface area contributed by atoms with Gasteiger partial charge in [0.2, 0.25) is 0 Å². The lowest BCUT2D eigenvalue weighted by atomic mass is 10.0. The van der Waals surface area contributed by atoms with E-state index in [-0.39, 0.29) is 5.78 Å². The van der Waals surface area contributed by atoms with Gasteiger partial charge in [0.15, 0.2) is 5.78 Å². The van der Waals surface area contributed by atoms with Crippen molar-refractivity contribution in [3.8, 4) is 11.5 Å². The summed E-state index contributed by atoms with van der Waals surface area (Å²) in [5, 5.41) is 0. The third-order valence-corrected chi connectivity index (χ3v) is 3.34. The van der Waals surface area contributed by atoms with Gasteiger partial charge in [-0.3, -0.25) is 4.79 Å². The highest BCUT2D eigenvalue weighted by atomic mass is 16.5. The summed E-state index contributed by atoms with van der Waals surface area (Å²) in [6.07, 6.45) is 0. The first-order valence-corrected chi connectivity index (χ1v) is 7.15. The summed E-state index contributed by atoms with van der Waals surface area (Å²) in [5.41, 5.74) is 13.4. The summed E-state index contributed by atoms with van der Waals surface area (Å²) in [4.78, 5) is 12.5. The molecule has 0 bridgehead atoms. The van der Waals surface area contributed by atoms with E-state index < -0.39 is 0 Å². The van der Waals surface area contributed by atoms with Crippen molar-refractivity contribution in [3.63, 3.8) is 0 Å². The molecule has 3 aromatic carbocycles. The van der Waals surface area contributed by atoms with Crippen LogP contribution in [0.3, 0.4) is 0 Å². The lowest BCUT2D eigenvalue weighted by molar-refractivity contribution is 0.103. The maximum Gasteiger partial charge on any atom is 0.193 e. The average Bonchev–Trinajstić information content (AvgIpc) is 2.55. The molecule has 4 heteroatoms. The van der Waals surface area contributed by atoms with Crippen LogP contribution in [0.4, 0.5) is 11.4 Å². The predicted molar refractivity (Wildman–Crippen MR) is 91.7 cm³/mol. The van der Waals surface area contributed by atoms with E-state index in [9.17, 15) is 4.79 Å². The van der Waals surface area contributed by atoms with Gasteiger partial charge in [0.05, 0.1) is 0 Å². The van der Waals surface area contributed by atoms with Crippen LogP contribution >= 0.6 is 0 Å². The Hall–Kier alpha value is -3.27. The Morgan fingerprint density at radius 2 is 1.26 bits per heavy atom. The standard InChI is InChI=1S/C19H16N2O2/c20-15-10-14(11-16(21)12-15)19(22)13-6-8-18(9-7-13)23-17-4-2-1-3-5-17/h1-12H,20-21H2. The second-order valence-corrected chi connectivity index (χ2v) is 5.16. The highest BCUT2D eigenvalue weighted by molar-refractivity contribution is 6.10. The SMILES string of the molecule is Nc1cc(N)cc(C(=O)c2ccc(Oc3ccccc3)cc2)c1. The minimum Gasteiger partial charge on any atom is -0.457 e. The van der Waals surface area contributed by atoms with E-state index >= 15 is 0 Å². The molecule has 0 saturated heterocycles. The number of hydrogen-bond donors (Lipinski definition) is 2. The quantitative estimate of drug-likeness (QED) is 0.566. The van der Waals surface area contributed by atoms with Gasteiger partial charge in [0, 0.05) is 22.5 Å². The number of ether oxygens (including phenoxy) is 1. The van der Waals surface area contributed by atoms with Gasteiger partial charge in [-0.2, -0.15) is 0 Å². The van der Waals surface area contributed by atoms with Crippen LogP contribution in [0.2, 0.25) is 0 Å². The normalized spacial score (nSPS) is 10.3. The second kappa shape index (κ2) is 6.23. The summed E-state index contributed by atoms with van der Waals surface area (Å²) < 4.78 is 5.71. The van der Waals surface area contributed by atoms with Gasteiger partial charge in [-0.1, -0.05) is 18.2 Å². The smallest absolute Gasteiger partial charge is 0.193 e. The molecule has 4 N–H and O–H groups in total. The first-order chi connectivity index (χ1) is 11.1. The fourth-order valence-corrected chi connectivity index (χ4v) is 2.27. The highest BCUT2D eigenvalue weighted by Crippen LogP contribution is 2.23. The number of para-hydroxylation sites is 1. The molecule has 0 saturated carbocycles. The van der Waals surface area contributed by atoms with Crippen molar-refractivity contribution < 1.29 is 9.53 Å². The molecule has 0 aromatic heterocycles. The molecule has 3 aromatic rings. The van der Waals surface area contributed by atoms with Crippen LogP contribution in [-0.2, 0) is 0 Å². The fourth-order valence-electron chi connectivity index (χ4n) is 2.27. The van der Waals surface area contributed by atoms with Crippen LogP contribution in [0.25, 0.3) is 0 Å². The number of hydrogen-bond acceptors (Lipinski definition) is 4.